The Hall–Kier alpha value is -2.23. The summed E-state index contributed by atoms with van der Waals surface area (Å²) in [5.41, 5.74) is 8.42. The Morgan fingerprint density at radius 3 is 2.83 bits per heavy atom. The van der Waals surface area contributed by atoms with Crippen molar-refractivity contribution in [2.75, 3.05) is 18.2 Å². The second-order valence-electron chi connectivity index (χ2n) is 4.08. The smallest absolute Gasteiger partial charge is 0.126 e. The van der Waals surface area contributed by atoms with Crippen LogP contribution in [0.3, 0.4) is 0 Å². The van der Waals surface area contributed by atoms with Gasteiger partial charge in [-0.3, -0.25) is 0 Å². The molecule has 2 rings (SSSR count). The molecule has 2 aromatic rings. The zero-order valence-corrected chi connectivity index (χ0v) is 10.6. The maximum absolute atomic E-state index is 5.73. The Labute approximate surface area is 107 Å². The number of anilines is 2. The number of aromatic nitrogens is 1. The van der Waals surface area contributed by atoms with Crippen molar-refractivity contribution in [1.29, 1.82) is 0 Å². The minimum absolute atomic E-state index is 0.702. The number of benzene rings is 1. The van der Waals surface area contributed by atoms with Gasteiger partial charge in [0.05, 0.1) is 18.5 Å². The standard InChI is InChI=1S/C14H17N3O/c1-10-13(15)6-7-14(17-10)16-9-11-4-3-5-12(8-11)18-2/h3-8H,9,15H2,1-2H3,(H,16,17). The number of nitrogens with two attached hydrogens (primary N) is 1. The lowest BCUT2D eigenvalue weighted by Crippen LogP contribution is -2.03. The molecule has 0 saturated heterocycles. The Morgan fingerprint density at radius 2 is 2.11 bits per heavy atom. The van der Waals surface area contributed by atoms with Gasteiger partial charge in [-0.05, 0) is 36.8 Å². The second kappa shape index (κ2) is 5.40. The molecule has 0 unspecified atom stereocenters. The summed E-state index contributed by atoms with van der Waals surface area (Å²) in [6.45, 7) is 2.60. The molecule has 0 aliphatic heterocycles. The van der Waals surface area contributed by atoms with E-state index in [-0.39, 0.29) is 0 Å². The maximum atomic E-state index is 5.73. The predicted molar refractivity (Wildman–Crippen MR) is 73.7 cm³/mol. The van der Waals surface area contributed by atoms with Crippen molar-refractivity contribution in [3.8, 4) is 5.75 Å². The lowest BCUT2D eigenvalue weighted by molar-refractivity contribution is 0.414. The molecular weight excluding hydrogens is 226 g/mol. The van der Waals surface area contributed by atoms with Crippen LogP contribution in [0.25, 0.3) is 0 Å². The van der Waals surface area contributed by atoms with Crippen molar-refractivity contribution in [1.82, 2.24) is 4.98 Å². The average molecular weight is 243 g/mol. The van der Waals surface area contributed by atoms with Gasteiger partial charge in [0.15, 0.2) is 0 Å². The van der Waals surface area contributed by atoms with Gasteiger partial charge in [-0.1, -0.05) is 12.1 Å². The fraction of sp³-hybridized carbons (Fsp3) is 0.214. The van der Waals surface area contributed by atoms with Gasteiger partial charge in [-0.15, -0.1) is 0 Å². The number of rotatable bonds is 4. The summed E-state index contributed by atoms with van der Waals surface area (Å²) >= 11 is 0. The molecule has 1 aromatic heterocycles. The summed E-state index contributed by atoms with van der Waals surface area (Å²) < 4.78 is 5.18. The van der Waals surface area contributed by atoms with E-state index in [1.807, 2.05) is 43.3 Å². The molecule has 18 heavy (non-hydrogen) atoms. The van der Waals surface area contributed by atoms with E-state index in [1.165, 1.54) is 0 Å². The van der Waals surface area contributed by atoms with E-state index in [0.717, 1.165) is 22.8 Å². The van der Waals surface area contributed by atoms with Gasteiger partial charge >= 0.3 is 0 Å². The van der Waals surface area contributed by atoms with E-state index in [9.17, 15) is 0 Å². The number of nitrogens with zero attached hydrogens (tertiary/aromatic N) is 1. The normalized spacial score (nSPS) is 10.1. The minimum atomic E-state index is 0.702. The Kier molecular flexibility index (Phi) is 3.67. The second-order valence-corrected chi connectivity index (χ2v) is 4.08. The molecule has 0 spiro atoms. The molecule has 0 radical (unpaired) electrons. The first-order chi connectivity index (χ1) is 8.69. The zero-order valence-electron chi connectivity index (χ0n) is 10.6. The number of ether oxygens (including phenoxy) is 1. The highest BCUT2D eigenvalue weighted by Crippen LogP contribution is 2.15. The number of hydrogen-bond acceptors (Lipinski definition) is 4. The fourth-order valence-corrected chi connectivity index (χ4v) is 1.65. The molecule has 0 atom stereocenters. The van der Waals surface area contributed by atoms with Crippen LogP contribution >= 0.6 is 0 Å². The van der Waals surface area contributed by atoms with E-state index in [1.54, 1.807) is 7.11 Å². The molecule has 0 saturated carbocycles. The van der Waals surface area contributed by atoms with Crippen molar-refractivity contribution in [3.05, 3.63) is 47.7 Å². The molecule has 0 bridgehead atoms. The van der Waals surface area contributed by atoms with Crippen LogP contribution in [0.2, 0.25) is 0 Å². The number of nitrogens with one attached hydrogen (secondary N) is 1. The maximum Gasteiger partial charge on any atom is 0.126 e. The van der Waals surface area contributed by atoms with Crippen molar-refractivity contribution in [2.24, 2.45) is 0 Å². The first-order valence-corrected chi connectivity index (χ1v) is 5.79. The largest absolute Gasteiger partial charge is 0.497 e. The SMILES string of the molecule is COc1cccc(CNc2ccc(N)c(C)n2)c1. The van der Waals surface area contributed by atoms with E-state index in [4.69, 9.17) is 10.5 Å². The third kappa shape index (κ3) is 2.91. The minimum Gasteiger partial charge on any atom is -0.497 e. The lowest BCUT2D eigenvalue weighted by Gasteiger charge is -2.08. The molecule has 0 aliphatic rings. The van der Waals surface area contributed by atoms with E-state index >= 15 is 0 Å². The zero-order chi connectivity index (χ0) is 13.0. The van der Waals surface area contributed by atoms with Crippen molar-refractivity contribution in [2.45, 2.75) is 13.5 Å². The van der Waals surface area contributed by atoms with Crippen molar-refractivity contribution < 1.29 is 4.74 Å². The molecule has 4 nitrogen and oxygen atoms in total. The van der Waals surface area contributed by atoms with Crippen LogP contribution in [0.4, 0.5) is 11.5 Å². The van der Waals surface area contributed by atoms with Gasteiger partial charge in [0, 0.05) is 6.54 Å². The molecule has 3 N–H and O–H groups in total. The third-order valence-corrected chi connectivity index (χ3v) is 2.73. The average Bonchev–Trinajstić information content (AvgIpc) is 2.40. The quantitative estimate of drug-likeness (QED) is 0.866. The van der Waals surface area contributed by atoms with Gasteiger partial charge in [0.2, 0.25) is 0 Å². The summed E-state index contributed by atoms with van der Waals surface area (Å²) in [7, 11) is 1.66. The summed E-state index contributed by atoms with van der Waals surface area (Å²) in [5.74, 6) is 1.68. The summed E-state index contributed by atoms with van der Waals surface area (Å²) in [6, 6.07) is 11.7. The van der Waals surface area contributed by atoms with Crippen LogP contribution in [0.15, 0.2) is 36.4 Å². The predicted octanol–water partition coefficient (Wildman–Crippen LogP) is 2.59. The van der Waals surface area contributed by atoms with Crippen LogP contribution in [0, 0.1) is 6.92 Å². The first kappa shape index (κ1) is 12.2. The Bertz CT molecular complexity index is 540. The van der Waals surface area contributed by atoms with E-state index in [0.29, 0.717) is 12.2 Å². The van der Waals surface area contributed by atoms with Gasteiger partial charge in [-0.25, -0.2) is 4.98 Å². The molecule has 1 heterocycles. The third-order valence-electron chi connectivity index (χ3n) is 2.73. The van der Waals surface area contributed by atoms with Gasteiger partial charge < -0.3 is 15.8 Å². The van der Waals surface area contributed by atoms with Crippen LogP contribution in [-0.2, 0) is 6.54 Å². The lowest BCUT2D eigenvalue weighted by atomic mass is 10.2. The molecule has 0 fully saturated rings. The molecule has 94 valence electrons. The number of pyridine rings is 1. The highest BCUT2D eigenvalue weighted by molar-refractivity contribution is 5.49. The summed E-state index contributed by atoms with van der Waals surface area (Å²) in [6.07, 6.45) is 0. The van der Waals surface area contributed by atoms with E-state index < -0.39 is 0 Å². The number of aryl methyl sites for hydroxylation is 1. The van der Waals surface area contributed by atoms with Crippen LogP contribution in [-0.4, -0.2) is 12.1 Å². The van der Waals surface area contributed by atoms with Crippen LogP contribution < -0.4 is 15.8 Å². The number of methoxy groups -OCH3 is 1. The molecule has 0 aliphatic carbocycles. The monoisotopic (exact) mass is 243 g/mol. The van der Waals surface area contributed by atoms with Gasteiger partial charge in [0.1, 0.15) is 11.6 Å². The fourth-order valence-electron chi connectivity index (χ4n) is 1.65. The Balaban J connectivity index is 2.04. The van der Waals surface area contributed by atoms with Crippen molar-refractivity contribution in [3.63, 3.8) is 0 Å². The van der Waals surface area contributed by atoms with Gasteiger partial charge in [-0.2, -0.15) is 0 Å². The molecule has 4 heteroatoms. The van der Waals surface area contributed by atoms with E-state index in [2.05, 4.69) is 10.3 Å². The highest BCUT2D eigenvalue weighted by Gasteiger charge is 1.99. The topological polar surface area (TPSA) is 60.2 Å². The molecule has 0 amide bonds. The molecule has 1 aromatic carbocycles. The summed E-state index contributed by atoms with van der Waals surface area (Å²) in [4.78, 5) is 4.36. The van der Waals surface area contributed by atoms with Crippen LogP contribution in [0.5, 0.6) is 5.75 Å². The Morgan fingerprint density at radius 1 is 1.28 bits per heavy atom. The number of hydrogen-bond donors (Lipinski definition) is 2. The summed E-state index contributed by atoms with van der Waals surface area (Å²) in [5, 5.41) is 3.26. The highest BCUT2D eigenvalue weighted by atomic mass is 16.5. The molecular formula is C14H17N3O. The van der Waals surface area contributed by atoms with Gasteiger partial charge in [0.25, 0.3) is 0 Å². The first-order valence-electron chi connectivity index (χ1n) is 5.79. The number of nitrogen functional groups attached to an aromatic ring is 1. The van der Waals surface area contributed by atoms with Crippen LogP contribution in [0.1, 0.15) is 11.3 Å². The van der Waals surface area contributed by atoms with Crippen molar-refractivity contribution >= 4 is 11.5 Å².